The number of likely N-dealkylation sites (N-methyl/N-ethyl adjacent to an activating group) is 1. The third kappa shape index (κ3) is 7.64. The molecule has 1 amide bonds. The molecule has 0 aromatic heterocycles. The molecule has 0 unspecified atom stereocenters. The number of benzene rings is 1. The number of aliphatic carboxylic acids is 1. The van der Waals surface area contributed by atoms with E-state index in [0.717, 1.165) is 12.0 Å². The van der Waals surface area contributed by atoms with Crippen LogP contribution in [-0.2, 0) is 20.8 Å². The summed E-state index contributed by atoms with van der Waals surface area (Å²) in [7, 11) is 1.49. The number of nitrogens with zero attached hydrogens (tertiary/aromatic N) is 1. The van der Waals surface area contributed by atoms with Gasteiger partial charge in [-0.1, -0.05) is 26.0 Å². The van der Waals surface area contributed by atoms with Gasteiger partial charge >= 0.3 is 12.1 Å². The highest BCUT2D eigenvalue weighted by Crippen LogP contribution is 2.12. The topological polar surface area (TPSA) is 91.8 Å². The van der Waals surface area contributed by atoms with Crippen molar-refractivity contribution >= 4 is 18.0 Å². The van der Waals surface area contributed by atoms with E-state index in [-0.39, 0.29) is 18.6 Å². The first-order valence-corrected chi connectivity index (χ1v) is 6.37. The van der Waals surface area contributed by atoms with Crippen molar-refractivity contribution < 1.29 is 24.3 Å². The highest BCUT2D eigenvalue weighted by atomic mass is 16.4. The molecule has 6 nitrogen and oxygen atoms in total. The molecule has 0 aliphatic rings. The first-order valence-electron chi connectivity index (χ1n) is 6.37. The normalized spacial score (nSPS) is 9.33. The number of carboxylic acids is 1. The summed E-state index contributed by atoms with van der Waals surface area (Å²) in [6.07, 6.45) is 1.16. The van der Waals surface area contributed by atoms with Crippen LogP contribution in [0.3, 0.4) is 0 Å². The van der Waals surface area contributed by atoms with Gasteiger partial charge in [-0.05, 0) is 30.0 Å². The van der Waals surface area contributed by atoms with Crippen molar-refractivity contribution in [2.75, 3.05) is 13.6 Å². The molecule has 0 fully saturated rings. The average molecular weight is 293 g/mol. The van der Waals surface area contributed by atoms with Gasteiger partial charge in [0.25, 0.3) is 5.91 Å². The van der Waals surface area contributed by atoms with Crippen molar-refractivity contribution in [1.82, 2.24) is 4.90 Å². The molecule has 0 heterocycles. The molecule has 1 aromatic carbocycles. The molecule has 0 aliphatic heterocycles. The fourth-order valence-electron chi connectivity index (χ4n) is 1.80. The van der Waals surface area contributed by atoms with Gasteiger partial charge in [-0.2, -0.15) is 9.59 Å². The Kier molecular flexibility index (Phi) is 8.34. The van der Waals surface area contributed by atoms with E-state index < -0.39 is 5.97 Å². The summed E-state index contributed by atoms with van der Waals surface area (Å²) in [5.41, 5.74) is 1.64. The van der Waals surface area contributed by atoms with Crippen molar-refractivity contribution in [1.29, 1.82) is 0 Å². The lowest BCUT2D eigenvalue weighted by molar-refractivity contribution is -0.191. The van der Waals surface area contributed by atoms with E-state index in [1.807, 2.05) is 18.2 Å². The molecule has 1 aromatic rings. The van der Waals surface area contributed by atoms with Crippen LogP contribution in [0, 0.1) is 5.92 Å². The molecule has 1 rings (SSSR count). The number of hydrogen-bond acceptors (Lipinski definition) is 4. The Morgan fingerprint density at radius 2 is 1.86 bits per heavy atom. The first kappa shape index (κ1) is 18.5. The first-order chi connectivity index (χ1) is 9.81. The van der Waals surface area contributed by atoms with Crippen LogP contribution in [0.25, 0.3) is 0 Å². The maximum Gasteiger partial charge on any atom is 0.373 e. The van der Waals surface area contributed by atoms with Crippen LogP contribution in [0.1, 0.15) is 29.8 Å². The molecule has 114 valence electrons. The van der Waals surface area contributed by atoms with Gasteiger partial charge in [0.15, 0.2) is 0 Å². The van der Waals surface area contributed by atoms with E-state index in [1.165, 1.54) is 11.9 Å². The Bertz CT molecular complexity index is 519. The molecular weight excluding hydrogens is 274 g/mol. The summed E-state index contributed by atoms with van der Waals surface area (Å²) in [4.78, 5) is 40.0. The highest BCUT2D eigenvalue weighted by molar-refractivity contribution is 5.95. The minimum absolute atomic E-state index is 0.250. The van der Waals surface area contributed by atoms with E-state index in [9.17, 15) is 9.59 Å². The molecule has 21 heavy (non-hydrogen) atoms. The molecule has 0 radical (unpaired) electrons. The second-order valence-corrected chi connectivity index (χ2v) is 4.94. The number of carboxylic acid groups (broad SMARTS) is 1. The summed E-state index contributed by atoms with van der Waals surface area (Å²) >= 11 is 0. The fraction of sp³-hybridized carbons (Fsp3) is 0.400. The number of rotatable bonds is 5. The molecule has 0 spiro atoms. The predicted molar refractivity (Wildman–Crippen MR) is 74.6 cm³/mol. The zero-order valence-electron chi connectivity index (χ0n) is 12.3. The maximum absolute atomic E-state index is 12.0. The van der Waals surface area contributed by atoms with Gasteiger partial charge in [-0.25, -0.2) is 0 Å². The second kappa shape index (κ2) is 9.44. The van der Waals surface area contributed by atoms with Gasteiger partial charge in [0, 0.05) is 12.6 Å². The zero-order valence-corrected chi connectivity index (χ0v) is 12.3. The Balaban J connectivity index is 0.00000122. The molecule has 0 bridgehead atoms. The minimum atomic E-state index is -1.01. The lowest BCUT2D eigenvalue weighted by Crippen LogP contribution is -2.31. The van der Waals surface area contributed by atoms with Crippen LogP contribution in [0.5, 0.6) is 0 Å². The molecule has 0 aliphatic carbocycles. The monoisotopic (exact) mass is 293 g/mol. The van der Waals surface area contributed by atoms with E-state index in [1.54, 1.807) is 6.07 Å². The number of hydrogen-bond donors (Lipinski definition) is 1. The zero-order chi connectivity index (χ0) is 16.4. The lowest BCUT2D eigenvalue weighted by Gasteiger charge is -2.15. The molecule has 0 atom stereocenters. The third-order valence-corrected chi connectivity index (χ3v) is 2.54. The number of amides is 1. The largest absolute Gasteiger partial charge is 0.480 e. The van der Waals surface area contributed by atoms with Crippen molar-refractivity contribution in [2.45, 2.75) is 20.3 Å². The van der Waals surface area contributed by atoms with Gasteiger partial charge in [-0.15, -0.1) is 0 Å². The summed E-state index contributed by atoms with van der Waals surface area (Å²) in [5.74, 6) is -0.751. The quantitative estimate of drug-likeness (QED) is 0.887. The van der Waals surface area contributed by atoms with Gasteiger partial charge in [0.1, 0.15) is 6.54 Å². The van der Waals surface area contributed by atoms with Crippen molar-refractivity contribution in [2.24, 2.45) is 5.92 Å². The van der Waals surface area contributed by atoms with Gasteiger partial charge in [0.05, 0.1) is 0 Å². The smallest absolute Gasteiger partial charge is 0.373 e. The highest BCUT2D eigenvalue weighted by Gasteiger charge is 2.14. The summed E-state index contributed by atoms with van der Waals surface area (Å²) in [5, 5.41) is 8.66. The maximum atomic E-state index is 12.0. The Labute approximate surface area is 123 Å². The Morgan fingerprint density at radius 3 is 2.33 bits per heavy atom. The van der Waals surface area contributed by atoms with E-state index in [2.05, 4.69) is 13.8 Å². The SMILES string of the molecule is CC(C)Cc1cccc(C(=O)N(C)CC(=O)O)c1.O=C=O. The number of carbonyl (C=O) groups is 2. The lowest BCUT2D eigenvalue weighted by atomic mass is 10.0. The summed E-state index contributed by atoms with van der Waals surface area (Å²) in [6.45, 7) is 3.95. The van der Waals surface area contributed by atoms with Crippen molar-refractivity contribution in [3.05, 3.63) is 35.4 Å². The van der Waals surface area contributed by atoms with E-state index in [0.29, 0.717) is 11.5 Å². The van der Waals surface area contributed by atoms with Crippen LogP contribution < -0.4 is 0 Å². The van der Waals surface area contributed by atoms with E-state index >= 15 is 0 Å². The molecular formula is C15H19NO5. The fourth-order valence-corrected chi connectivity index (χ4v) is 1.80. The Morgan fingerprint density at radius 1 is 1.29 bits per heavy atom. The van der Waals surface area contributed by atoms with Crippen LogP contribution >= 0.6 is 0 Å². The third-order valence-electron chi connectivity index (χ3n) is 2.54. The molecule has 0 saturated heterocycles. The predicted octanol–water partition coefficient (Wildman–Crippen LogP) is 1.46. The average Bonchev–Trinajstić information content (AvgIpc) is 2.37. The van der Waals surface area contributed by atoms with Gasteiger partial charge in [0.2, 0.25) is 0 Å². The van der Waals surface area contributed by atoms with Crippen LogP contribution in [0.15, 0.2) is 24.3 Å². The van der Waals surface area contributed by atoms with Gasteiger partial charge < -0.3 is 10.0 Å². The van der Waals surface area contributed by atoms with Crippen molar-refractivity contribution in [3.63, 3.8) is 0 Å². The van der Waals surface area contributed by atoms with Gasteiger partial charge in [-0.3, -0.25) is 9.59 Å². The number of carbonyl (C=O) groups excluding carboxylic acids is 3. The molecule has 1 N–H and O–H groups in total. The summed E-state index contributed by atoms with van der Waals surface area (Å²) in [6, 6.07) is 7.36. The second-order valence-electron chi connectivity index (χ2n) is 4.94. The van der Waals surface area contributed by atoms with Crippen molar-refractivity contribution in [3.8, 4) is 0 Å². The summed E-state index contributed by atoms with van der Waals surface area (Å²) < 4.78 is 0. The molecule has 6 heteroatoms. The van der Waals surface area contributed by atoms with Crippen LogP contribution in [-0.4, -0.2) is 41.6 Å². The van der Waals surface area contributed by atoms with Crippen LogP contribution in [0.2, 0.25) is 0 Å². The standard InChI is InChI=1S/C14H19NO3.CO2/c1-10(2)7-11-5-4-6-12(8-11)14(18)15(3)9-13(16)17;2-1-3/h4-6,8,10H,7,9H2,1-3H3,(H,16,17);. The minimum Gasteiger partial charge on any atom is -0.480 e. The van der Waals surface area contributed by atoms with E-state index in [4.69, 9.17) is 14.7 Å². The Hall–Kier alpha value is -2.46. The molecule has 0 saturated carbocycles. The van der Waals surface area contributed by atoms with Crippen LogP contribution in [0.4, 0.5) is 0 Å².